The van der Waals surface area contributed by atoms with Crippen LogP contribution in [0.2, 0.25) is 0 Å². The van der Waals surface area contributed by atoms with E-state index < -0.39 is 0 Å². The lowest BCUT2D eigenvalue weighted by molar-refractivity contribution is -0.122. The van der Waals surface area contributed by atoms with Crippen molar-refractivity contribution in [2.24, 2.45) is 5.41 Å². The SMILES string of the molecule is Cc1nc(CCCC(=O)NC2CCCC2(C)C)cs1. The minimum Gasteiger partial charge on any atom is -0.353 e. The standard InChI is InChI=1S/C15H24N2OS/c1-11-16-12(10-19-11)6-4-8-14(18)17-13-7-5-9-15(13,2)3/h10,13H,4-9H2,1-3H3,(H,17,18). The van der Waals surface area contributed by atoms with Crippen molar-refractivity contribution in [3.63, 3.8) is 0 Å². The van der Waals surface area contributed by atoms with Crippen LogP contribution in [-0.2, 0) is 11.2 Å². The van der Waals surface area contributed by atoms with Gasteiger partial charge in [0.25, 0.3) is 0 Å². The average molecular weight is 280 g/mol. The van der Waals surface area contributed by atoms with Crippen molar-refractivity contribution in [1.29, 1.82) is 0 Å². The van der Waals surface area contributed by atoms with Gasteiger partial charge in [-0.1, -0.05) is 20.3 Å². The van der Waals surface area contributed by atoms with Crippen molar-refractivity contribution >= 4 is 17.2 Å². The molecule has 1 heterocycles. The normalized spacial score (nSPS) is 21.5. The molecule has 1 N–H and O–H groups in total. The maximum absolute atomic E-state index is 12.0. The van der Waals surface area contributed by atoms with Gasteiger partial charge in [-0.15, -0.1) is 11.3 Å². The summed E-state index contributed by atoms with van der Waals surface area (Å²) >= 11 is 1.68. The van der Waals surface area contributed by atoms with Crippen LogP contribution in [0.1, 0.15) is 56.7 Å². The fourth-order valence-corrected chi connectivity index (χ4v) is 3.46. The van der Waals surface area contributed by atoms with E-state index in [1.807, 2.05) is 6.92 Å². The molecule has 1 atom stereocenters. The molecule has 1 amide bonds. The molecule has 0 saturated heterocycles. The quantitative estimate of drug-likeness (QED) is 0.897. The Bertz CT molecular complexity index is 439. The molecule has 0 aromatic carbocycles. The van der Waals surface area contributed by atoms with Crippen LogP contribution < -0.4 is 5.32 Å². The second-order valence-electron chi connectivity index (χ2n) is 6.21. The van der Waals surface area contributed by atoms with Crippen molar-refractivity contribution in [1.82, 2.24) is 10.3 Å². The van der Waals surface area contributed by atoms with Gasteiger partial charge in [-0.2, -0.15) is 0 Å². The number of hydrogen-bond acceptors (Lipinski definition) is 3. The van der Waals surface area contributed by atoms with Crippen molar-refractivity contribution in [3.05, 3.63) is 16.1 Å². The maximum atomic E-state index is 12.0. The molecule has 1 unspecified atom stereocenters. The predicted octanol–water partition coefficient (Wildman–Crippen LogP) is 3.47. The molecule has 1 aliphatic carbocycles. The Kier molecular flexibility index (Phi) is 4.61. The number of nitrogens with one attached hydrogen (secondary N) is 1. The lowest BCUT2D eigenvalue weighted by Gasteiger charge is -2.27. The predicted molar refractivity (Wildman–Crippen MR) is 79.4 cm³/mol. The Morgan fingerprint density at radius 2 is 2.37 bits per heavy atom. The van der Waals surface area contributed by atoms with E-state index >= 15 is 0 Å². The van der Waals surface area contributed by atoms with Crippen LogP contribution >= 0.6 is 11.3 Å². The van der Waals surface area contributed by atoms with E-state index in [1.54, 1.807) is 11.3 Å². The molecule has 1 saturated carbocycles. The third-order valence-electron chi connectivity index (χ3n) is 4.10. The van der Waals surface area contributed by atoms with Crippen molar-refractivity contribution in [2.45, 2.75) is 65.3 Å². The molecule has 0 spiro atoms. The fraction of sp³-hybridized carbons (Fsp3) is 0.733. The van der Waals surface area contributed by atoms with Crippen LogP contribution in [0.5, 0.6) is 0 Å². The summed E-state index contributed by atoms with van der Waals surface area (Å²) in [7, 11) is 0. The molecule has 4 heteroatoms. The van der Waals surface area contributed by atoms with Crippen molar-refractivity contribution in [2.75, 3.05) is 0 Å². The van der Waals surface area contributed by atoms with E-state index in [2.05, 4.69) is 29.5 Å². The van der Waals surface area contributed by atoms with Gasteiger partial charge in [0, 0.05) is 17.8 Å². The summed E-state index contributed by atoms with van der Waals surface area (Å²) in [6.07, 6.45) is 5.99. The highest BCUT2D eigenvalue weighted by Crippen LogP contribution is 2.37. The molecule has 2 rings (SSSR count). The van der Waals surface area contributed by atoms with Gasteiger partial charge in [-0.3, -0.25) is 4.79 Å². The third-order valence-corrected chi connectivity index (χ3v) is 4.92. The summed E-state index contributed by atoms with van der Waals surface area (Å²) in [5, 5.41) is 6.40. The molecule has 1 aliphatic rings. The zero-order chi connectivity index (χ0) is 13.9. The van der Waals surface area contributed by atoms with Gasteiger partial charge >= 0.3 is 0 Å². The minimum atomic E-state index is 0.201. The van der Waals surface area contributed by atoms with Gasteiger partial charge in [0.2, 0.25) is 5.91 Å². The van der Waals surface area contributed by atoms with Gasteiger partial charge < -0.3 is 5.32 Å². The molecule has 19 heavy (non-hydrogen) atoms. The molecule has 1 aromatic rings. The largest absolute Gasteiger partial charge is 0.353 e. The monoisotopic (exact) mass is 280 g/mol. The van der Waals surface area contributed by atoms with Gasteiger partial charge in [0.1, 0.15) is 0 Å². The van der Waals surface area contributed by atoms with Crippen LogP contribution in [-0.4, -0.2) is 16.9 Å². The number of amides is 1. The van der Waals surface area contributed by atoms with Crippen LogP contribution in [0.25, 0.3) is 0 Å². The second kappa shape index (κ2) is 6.04. The Hall–Kier alpha value is -0.900. The Labute approximate surface area is 119 Å². The van der Waals surface area contributed by atoms with E-state index in [0.717, 1.165) is 30.0 Å². The highest BCUT2D eigenvalue weighted by molar-refractivity contribution is 7.09. The zero-order valence-electron chi connectivity index (χ0n) is 12.2. The molecular weight excluding hydrogens is 256 g/mol. The smallest absolute Gasteiger partial charge is 0.220 e. The minimum absolute atomic E-state index is 0.201. The number of carbonyl (C=O) groups excluding carboxylic acids is 1. The second-order valence-corrected chi connectivity index (χ2v) is 7.27. The summed E-state index contributed by atoms with van der Waals surface area (Å²) in [5.41, 5.74) is 1.39. The topological polar surface area (TPSA) is 42.0 Å². The Balaban J connectivity index is 1.70. The Morgan fingerprint density at radius 3 is 2.95 bits per heavy atom. The lowest BCUT2D eigenvalue weighted by Crippen LogP contribution is -2.41. The maximum Gasteiger partial charge on any atom is 0.220 e. The average Bonchev–Trinajstić information content (AvgIpc) is 2.86. The number of carbonyl (C=O) groups is 1. The van der Waals surface area contributed by atoms with Crippen LogP contribution in [0.3, 0.4) is 0 Å². The molecular formula is C15H24N2OS. The fourth-order valence-electron chi connectivity index (χ4n) is 2.81. The molecule has 0 radical (unpaired) electrons. The number of nitrogens with zero attached hydrogens (tertiary/aromatic N) is 1. The first kappa shape index (κ1) is 14.5. The van der Waals surface area contributed by atoms with Crippen LogP contribution in [0.15, 0.2) is 5.38 Å². The van der Waals surface area contributed by atoms with Gasteiger partial charge in [-0.25, -0.2) is 4.98 Å². The highest BCUT2D eigenvalue weighted by Gasteiger charge is 2.35. The zero-order valence-corrected chi connectivity index (χ0v) is 13.0. The summed E-state index contributed by atoms with van der Waals surface area (Å²) in [6.45, 7) is 6.52. The molecule has 0 bridgehead atoms. The first-order chi connectivity index (χ1) is 8.97. The number of thiazole rings is 1. The number of rotatable bonds is 5. The first-order valence-electron chi connectivity index (χ1n) is 7.18. The van der Waals surface area contributed by atoms with Gasteiger partial charge in [0.05, 0.1) is 10.7 Å². The van der Waals surface area contributed by atoms with E-state index in [1.165, 1.54) is 12.8 Å². The summed E-state index contributed by atoms with van der Waals surface area (Å²) < 4.78 is 0. The van der Waals surface area contributed by atoms with E-state index in [0.29, 0.717) is 12.5 Å². The molecule has 106 valence electrons. The van der Waals surface area contributed by atoms with Gasteiger partial charge in [0.15, 0.2) is 0 Å². The van der Waals surface area contributed by atoms with E-state index in [9.17, 15) is 4.79 Å². The third kappa shape index (κ3) is 4.03. The van der Waals surface area contributed by atoms with Crippen LogP contribution in [0, 0.1) is 12.3 Å². The first-order valence-corrected chi connectivity index (χ1v) is 8.06. The molecule has 1 aromatic heterocycles. The highest BCUT2D eigenvalue weighted by atomic mass is 32.1. The number of aryl methyl sites for hydroxylation is 2. The van der Waals surface area contributed by atoms with E-state index in [4.69, 9.17) is 0 Å². The summed E-state index contributed by atoms with van der Waals surface area (Å²) in [4.78, 5) is 16.4. The van der Waals surface area contributed by atoms with Crippen molar-refractivity contribution in [3.8, 4) is 0 Å². The summed E-state index contributed by atoms with van der Waals surface area (Å²) in [6, 6.07) is 0.363. The van der Waals surface area contributed by atoms with Crippen molar-refractivity contribution < 1.29 is 4.79 Å². The van der Waals surface area contributed by atoms with E-state index in [-0.39, 0.29) is 11.3 Å². The molecule has 0 aliphatic heterocycles. The van der Waals surface area contributed by atoms with Gasteiger partial charge in [-0.05, 0) is 38.0 Å². The number of aromatic nitrogens is 1. The number of hydrogen-bond donors (Lipinski definition) is 1. The Morgan fingerprint density at radius 1 is 1.58 bits per heavy atom. The molecule has 1 fully saturated rings. The molecule has 3 nitrogen and oxygen atoms in total. The lowest BCUT2D eigenvalue weighted by atomic mass is 9.87. The van der Waals surface area contributed by atoms with Crippen LogP contribution in [0.4, 0.5) is 0 Å². The summed E-state index contributed by atoms with van der Waals surface area (Å²) in [5.74, 6) is 0.201.